The van der Waals surface area contributed by atoms with Crippen LogP contribution in [0.1, 0.15) is 41.6 Å². The number of rotatable bonds is 5. The number of hydrogen-bond acceptors (Lipinski definition) is 4. The van der Waals surface area contributed by atoms with Crippen LogP contribution < -0.4 is 5.73 Å². The maximum absolute atomic E-state index is 11.4. The molecule has 1 aromatic carbocycles. The van der Waals surface area contributed by atoms with Gasteiger partial charge in [-0.2, -0.15) is 0 Å². The van der Waals surface area contributed by atoms with Crippen molar-refractivity contribution in [2.75, 3.05) is 20.2 Å². The lowest BCUT2D eigenvalue weighted by molar-refractivity contribution is 0.0600. The molecule has 0 spiro atoms. The van der Waals surface area contributed by atoms with Gasteiger partial charge >= 0.3 is 5.97 Å². The predicted octanol–water partition coefficient (Wildman–Crippen LogP) is 2.18. The van der Waals surface area contributed by atoms with Crippen molar-refractivity contribution >= 4 is 5.97 Å². The monoisotopic (exact) mass is 276 g/mol. The SMILES string of the molecule is COC(=O)c1ccc(CN2CCCCC2CCN)cc1. The zero-order valence-corrected chi connectivity index (χ0v) is 12.2. The molecule has 1 aliphatic heterocycles. The number of ether oxygens (including phenoxy) is 1. The van der Waals surface area contributed by atoms with E-state index in [1.807, 2.05) is 24.3 Å². The van der Waals surface area contributed by atoms with E-state index in [2.05, 4.69) is 4.90 Å². The zero-order chi connectivity index (χ0) is 14.4. The van der Waals surface area contributed by atoms with Crippen LogP contribution in [0, 0.1) is 0 Å². The van der Waals surface area contributed by atoms with Crippen LogP contribution in [0.4, 0.5) is 0 Å². The summed E-state index contributed by atoms with van der Waals surface area (Å²) in [7, 11) is 1.40. The summed E-state index contributed by atoms with van der Waals surface area (Å²) in [5.41, 5.74) is 7.55. The maximum atomic E-state index is 11.4. The molecule has 0 saturated carbocycles. The first kappa shape index (κ1) is 15.0. The minimum absolute atomic E-state index is 0.282. The molecule has 2 rings (SSSR count). The Hall–Kier alpha value is -1.39. The molecular weight excluding hydrogens is 252 g/mol. The van der Waals surface area contributed by atoms with Gasteiger partial charge < -0.3 is 10.5 Å². The summed E-state index contributed by atoms with van der Waals surface area (Å²) in [6, 6.07) is 8.31. The number of benzene rings is 1. The van der Waals surface area contributed by atoms with Crippen LogP contribution in [-0.2, 0) is 11.3 Å². The highest BCUT2D eigenvalue weighted by Gasteiger charge is 2.21. The molecule has 0 bridgehead atoms. The average molecular weight is 276 g/mol. The van der Waals surface area contributed by atoms with E-state index in [4.69, 9.17) is 10.5 Å². The fourth-order valence-electron chi connectivity index (χ4n) is 2.89. The first-order chi connectivity index (χ1) is 9.74. The van der Waals surface area contributed by atoms with Crippen molar-refractivity contribution in [1.29, 1.82) is 0 Å². The van der Waals surface area contributed by atoms with Gasteiger partial charge in [-0.25, -0.2) is 4.79 Å². The Balaban J connectivity index is 1.99. The molecule has 0 amide bonds. The zero-order valence-electron chi connectivity index (χ0n) is 12.2. The first-order valence-electron chi connectivity index (χ1n) is 7.36. The van der Waals surface area contributed by atoms with Gasteiger partial charge in [0.1, 0.15) is 0 Å². The highest BCUT2D eigenvalue weighted by atomic mass is 16.5. The van der Waals surface area contributed by atoms with Crippen LogP contribution in [-0.4, -0.2) is 37.1 Å². The second-order valence-corrected chi connectivity index (χ2v) is 5.39. The number of nitrogens with two attached hydrogens (primary N) is 1. The fourth-order valence-corrected chi connectivity index (χ4v) is 2.89. The number of carbonyl (C=O) groups excluding carboxylic acids is 1. The van der Waals surface area contributed by atoms with E-state index in [-0.39, 0.29) is 5.97 Å². The number of piperidine rings is 1. The first-order valence-corrected chi connectivity index (χ1v) is 7.36. The summed E-state index contributed by atoms with van der Waals surface area (Å²) in [5.74, 6) is -0.282. The van der Waals surface area contributed by atoms with E-state index < -0.39 is 0 Å². The van der Waals surface area contributed by atoms with Gasteiger partial charge in [0.2, 0.25) is 0 Å². The molecule has 2 N–H and O–H groups in total. The number of nitrogens with zero attached hydrogens (tertiary/aromatic N) is 1. The van der Waals surface area contributed by atoms with Crippen LogP contribution in [0.3, 0.4) is 0 Å². The predicted molar refractivity (Wildman–Crippen MR) is 79.5 cm³/mol. The topological polar surface area (TPSA) is 55.6 Å². The van der Waals surface area contributed by atoms with Crippen LogP contribution in [0.15, 0.2) is 24.3 Å². The van der Waals surface area contributed by atoms with Crippen molar-refractivity contribution in [1.82, 2.24) is 4.90 Å². The standard InChI is InChI=1S/C16H24N2O2/c1-20-16(19)14-7-5-13(6-8-14)12-18-11-3-2-4-15(18)9-10-17/h5-8,15H,2-4,9-12,17H2,1H3. The van der Waals surface area contributed by atoms with E-state index in [0.29, 0.717) is 11.6 Å². The fraction of sp³-hybridized carbons (Fsp3) is 0.562. The summed E-state index contributed by atoms with van der Waals surface area (Å²) < 4.78 is 4.71. The Labute approximate surface area is 120 Å². The summed E-state index contributed by atoms with van der Waals surface area (Å²) in [6.45, 7) is 2.83. The molecular formula is C16H24N2O2. The molecule has 4 heteroatoms. The van der Waals surface area contributed by atoms with Gasteiger partial charge in [-0.3, -0.25) is 4.90 Å². The normalized spacial score (nSPS) is 19.8. The minimum atomic E-state index is -0.282. The molecule has 110 valence electrons. The van der Waals surface area contributed by atoms with E-state index in [1.54, 1.807) is 0 Å². The number of esters is 1. The van der Waals surface area contributed by atoms with Crippen molar-refractivity contribution < 1.29 is 9.53 Å². The van der Waals surface area contributed by atoms with Gasteiger partial charge in [-0.05, 0) is 50.0 Å². The molecule has 1 atom stereocenters. The van der Waals surface area contributed by atoms with E-state index in [0.717, 1.165) is 26.1 Å². The van der Waals surface area contributed by atoms with Crippen molar-refractivity contribution in [3.63, 3.8) is 0 Å². The van der Waals surface area contributed by atoms with Gasteiger partial charge in [0, 0.05) is 12.6 Å². The maximum Gasteiger partial charge on any atom is 0.337 e. The average Bonchev–Trinajstić information content (AvgIpc) is 2.49. The van der Waals surface area contributed by atoms with Crippen molar-refractivity contribution in [2.45, 2.75) is 38.3 Å². The molecule has 1 saturated heterocycles. The van der Waals surface area contributed by atoms with Gasteiger partial charge in [0.05, 0.1) is 12.7 Å². The lowest BCUT2D eigenvalue weighted by Crippen LogP contribution is -2.40. The van der Waals surface area contributed by atoms with Crippen LogP contribution in [0.25, 0.3) is 0 Å². The van der Waals surface area contributed by atoms with Crippen molar-refractivity contribution in [2.24, 2.45) is 5.73 Å². The summed E-state index contributed by atoms with van der Waals surface area (Å²) in [5, 5.41) is 0. The van der Waals surface area contributed by atoms with Crippen LogP contribution in [0.5, 0.6) is 0 Å². The third-order valence-electron chi connectivity index (χ3n) is 4.01. The highest BCUT2D eigenvalue weighted by Crippen LogP contribution is 2.21. The molecule has 1 fully saturated rings. The Morgan fingerprint density at radius 3 is 2.75 bits per heavy atom. The third kappa shape index (κ3) is 3.81. The molecule has 1 heterocycles. The highest BCUT2D eigenvalue weighted by molar-refractivity contribution is 5.89. The van der Waals surface area contributed by atoms with Gasteiger partial charge in [0.25, 0.3) is 0 Å². The van der Waals surface area contributed by atoms with Crippen LogP contribution in [0.2, 0.25) is 0 Å². The number of methoxy groups -OCH3 is 1. The minimum Gasteiger partial charge on any atom is -0.465 e. The van der Waals surface area contributed by atoms with Crippen molar-refractivity contribution in [3.8, 4) is 0 Å². The Kier molecular flexibility index (Phi) is 5.56. The number of hydrogen-bond donors (Lipinski definition) is 1. The molecule has 1 aliphatic rings. The van der Waals surface area contributed by atoms with E-state index in [9.17, 15) is 4.79 Å². The molecule has 1 aromatic rings. The van der Waals surface area contributed by atoms with Gasteiger partial charge in [-0.1, -0.05) is 18.6 Å². The summed E-state index contributed by atoms with van der Waals surface area (Å²) >= 11 is 0. The molecule has 0 aromatic heterocycles. The Morgan fingerprint density at radius 1 is 1.35 bits per heavy atom. The lowest BCUT2D eigenvalue weighted by Gasteiger charge is -2.35. The quantitative estimate of drug-likeness (QED) is 0.837. The van der Waals surface area contributed by atoms with Crippen molar-refractivity contribution in [3.05, 3.63) is 35.4 Å². The summed E-state index contributed by atoms with van der Waals surface area (Å²) in [4.78, 5) is 13.9. The molecule has 20 heavy (non-hydrogen) atoms. The Bertz CT molecular complexity index is 429. The second kappa shape index (κ2) is 7.41. The smallest absolute Gasteiger partial charge is 0.337 e. The number of carbonyl (C=O) groups is 1. The molecule has 0 aliphatic carbocycles. The largest absolute Gasteiger partial charge is 0.465 e. The molecule has 0 radical (unpaired) electrons. The number of likely N-dealkylation sites (tertiary alicyclic amines) is 1. The second-order valence-electron chi connectivity index (χ2n) is 5.39. The lowest BCUT2D eigenvalue weighted by atomic mass is 9.98. The molecule has 4 nitrogen and oxygen atoms in total. The molecule has 1 unspecified atom stereocenters. The van der Waals surface area contributed by atoms with E-state index in [1.165, 1.54) is 31.9 Å². The third-order valence-corrected chi connectivity index (χ3v) is 4.01. The van der Waals surface area contributed by atoms with Gasteiger partial charge in [-0.15, -0.1) is 0 Å². The Morgan fingerprint density at radius 2 is 2.10 bits per heavy atom. The van der Waals surface area contributed by atoms with E-state index >= 15 is 0 Å². The van der Waals surface area contributed by atoms with Gasteiger partial charge in [0.15, 0.2) is 0 Å². The summed E-state index contributed by atoms with van der Waals surface area (Å²) in [6.07, 6.45) is 4.89. The van der Waals surface area contributed by atoms with Crippen LogP contribution >= 0.6 is 0 Å².